The number of hydrogen-bond acceptors (Lipinski definition) is 3. The Labute approximate surface area is 112 Å². The topological polar surface area (TPSA) is 15.3 Å². The molecule has 2 unspecified atom stereocenters. The summed E-state index contributed by atoms with van der Waals surface area (Å²) in [6, 6.07) is 0.709. The Bertz CT molecular complexity index is 240. The van der Waals surface area contributed by atoms with Crippen molar-refractivity contribution in [1.82, 2.24) is 10.2 Å². The molecular weight excluding hydrogens is 228 g/mol. The molecule has 1 heterocycles. The predicted molar refractivity (Wildman–Crippen MR) is 79.9 cm³/mol. The maximum absolute atomic E-state index is 3.73. The lowest BCUT2D eigenvalue weighted by Crippen LogP contribution is -2.64. The fourth-order valence-corrected chi connectivity index (χ4v) is 2.80. The Morgan fingerprint density at radius 1 is 1.41 bits per heavy atom. The molecule has 1 saturated heterocycles. The highest BCUT2D eigenvalue weighted by Gasteiger charge is 2.35. The summed E-state index contributed by atoms with van der Waals surface area (Å²) in [6.07, 6.45) is 4.68. The molecule has 1 fully saturated rings. The molecule has 0 amide bonds. The second-order valence-electron chi connectivity index (χ2n) is 6.23. The number of piperazine rings is 1. The van der Waals surface area contributed by atoms with Gasteiger partial charge in [0.15, 0.2) is 0 Å². The van der Waals surface area contributed by atoms with Gasteiger partial charge >= 0.3 is 0 Å². The SMILES string of the molecule is CCC1CNC(C)(CC)CN1CC(C)(C)SC. The molecule has 0 aromatic rings. The molecule has 1 aliphatic heterocycles. The summed E-state index contributed by atoms with van der Waals surface area (Å²) in [6.45, 7) is 15.2. The quantitative estimate of drug-likeness (QED) is 0.816. The molecule has 1 rings (SSSR count). The van der Waals surface area contributed by atoms with Crippen molar-refractivity contribution in [3.8, 4) is 0 Å². The van der Waals surface area contributed by atoms with E-state index in [-0.39, 0.29) is 0 Å². The van der Waals surface area contributed by atoms with Gasteiger partial charge in [-0.3, -0.25) is 4.90 Å². The number of nitrogens with zero attached hydrogens (tertiary/aromatic N) is 1. The molecule has 2 nitrogen and oxygen atoms in total. The van der Waals surface area contributed by atoms with Gasteiger partial charge in [0.05, 0.1) is 0 Å². The van der Waals surface area contributed by atoms with Gasteiger partial charge in [0.25, 0.3) is 0 Å². The maximum Gasteiger partial charge on any atom is 0.0278 e. The van der Waals surface area contributed by atoms with Crippen LogP contribution in [-0.4, -0.2) is 47.1 Å². The van der Waals surface area contributed by atoms with Gasteiger partial charge in [0.2, 0.25) is 0 Å². The lowest BCUT2D eigenvalue weighted by atomic mass is 9.92. The van der Waals surface area contributed by atoms with Gasteiger partial charge in [0, 0.05) is 36.0 Å². The minimum atomic E-state index is 0.306. The van der Waals surface area contributed by atoms with Crippen molar-refractivity contribution < 1.29 is 0 Å². The minimum Gasteiger partial charge on any atom is -0.309 e. The highest BCUT2D eigenvalue weighted by molar-refractivity contribution is 7.99. The van der Waals surface area contributed by atoms with Gasteiger partial charge in [-0.05, 0) is 39.9 Å². The predicted octanol–water partition coefficient (Wildman–Crippen LogP) is 2.98. The first-order valence-electron chi connectivity index (χ1n) is 6.90. The third-order valence-corrected chi connectivity index (χ3v) is 5.46. The summed E-state index contributed by atoms with van der Waals surface area (Å²) in [4.78, 5) is 2.70. The van der Waals surface area contributed by atoms with E-state index in [0.717, 1.165) is 6.54 Å². The van der Waals surface area contributed by atoms with E-state index >= 15 is 0 Å². The van der Waals surface area contributed by atoms with Crippen LogP contribution >= 0.6 is 11.8 Å². The molecule has 1 aliphatic rings. The molecule has 0 aromatic heterocycles. The average molecular weight is 258 g/mol. The van der Waals surface area contributed by atoms with Crippen LogP contribution in [0, 0.1) is 0 Å². The second-order valence-corrected chi connectivity index (χ2v) is 7.74. The van der Waals surface area contributed by atoms with E-state index in [1.807, 2.05) is 11.8 Å². The van der Waals surface area contributed by atoms with Crippen LogP contribution in [0.3, 0.4) is 0 Å². The van der Waals surface area contributed by atoms with Gasteiger partial charge < -0.3 is 5.32 Å². The van der Waals surface area contributed by atoms with E-state index in [1.165, 1.54) is 25.9 Å². The first kappa shape index (κ1) is 15.3. The molecule has 17 heavy (non-hydrogen) atoms. The third-order valence-electron chi connectivity index (χ3n) is 4.22. The monoisotopic (exact) mass is 258 g/mol. The van der Waals surface area contributed by atoms with Crippen LogP contribution < -0.4 is 5.32 Å². The Kier molecular flexibility index (Phi) is 5.36. The van der Waals surface area contributed by atoms with E-state index in [0.29, 0.717) is 16.3 Å². The van der Waals surface area contributed by atoms with Crippen molar-refractivity contribution in [2.75, 3.05) is 25.9 Å². The van der Waals surface area contributed by atoms with Crippen LogP contribution in [0.2, 0.25) is 0 Å². The van der Waals surface area contributed by atoms with E-state index < -0.39 is 0 Å². The van der Waals surface area contributed by atoms with Crippen LogP contribution in [0.5, 0.6) is 0 Å². The lowest BCUT2D eigenvalue weighted by molar-refractivity contribution is 0.0761. The first-order chi connectivity index (χ1) is 7.86. The number of nitrogens with one attached hydrogen (secondary N) is 1. The minimum absolute atomic E-state index is 0.306. The zero-order valence-electron chi connectivity index (χ0n) is 12.5. The molecule has 0 bridgehead atoms. The zero-order chi connectivity index (χ0) is 13.1. The molecule has 1 N–H and O–H groups in total. The van der Waals surface area contributed by atoms with Crippen LogP contribution in [-0.2, 0) is 0 Å². The standard InChI is InChI=1S/C14H30N2S/c1-7-12-9-15-14(5,8-2)11-16(12)10-13(3,4)17-6/h12,15H,7-11H2,1-6H3. The van der Waals surface area contributed by atoms with E-state index in [9.17, 15) is 0 Å². The normalized spacial score (nSPS) is 31.8. The molecule has 102 valence electrons. The Balaban J connectivity index is 2.70. The largest absolute Gasteiger partial charge is 0.309 e. The van der Waals surface area contributed by atoms with Crippen LogP contribution in [0.4, 0.5) is 0 Å². The molecule has 0 spiro atoms. The van der Waals surface area contributed by atoms with E-state index in [1.54, 1.807) is 0 Å². The van der Waals surface area contributed by atoms with Crippen LogP contribution in [0.25, 0.3) is 0 Å². The summed E-state index contributed by atoms with van der Waals surface area (Å²) in [7, 11) is 0. The Morgan fingerprint density at radius 2 is 2.06 bits per heavy atom. The van der Waals surface area contributed by atoms with Crippen LogP contribution in [0.15, 0.2) is 0 Å². The van der Waals surface area contributed by atoms with E-state index in [4.69, 9.17) is 0 Å². The zero-order valence-corrected chi connectivity index (χ0v) is 13.3. The molecule has 2 atom stereocenters. The van der Waals surface area contributed by atoms with Crippen LogP contribution in [0.1, 0.15) is 47.5 Å². The Hall–Kier alpha value is 0.270. The summed E-state index contributed by atoms with van der Waals surface area (Å²) >= 11 is 1.98. The van der Waals surface area contributed by atoms with Crippen molar-refractivity contribution in [2.45, 2.75) is 63.8 Å². The number of rotatable bonds is 5. The van der Waals surface area contributed by atoms with Crippen molar-refractivity contribution in [2.24, 2.45) is 0 Å². The van der Waals surface area contributed by atoms with Crippen molar-refractivity contribution in [1.29, 1.82) is 0 Å². The Morgan fingerprint density at radius 3 is 2.53 bits per heavy atom. The van der Waals surface area contributed by atoms with Gasteiger partial charge in [0.1, 0.15) is 0 Å². The summed E-state index contributed by atoms with van der Waals surface area (Å²) in [5.74, 6) is 0. The summed E-state index contributed by atoms with van der Waals surface area (Å²) in [5, 5.41) is 3.73. The van der Waals surface area contributed by atoms with Gasteiger partial charge in [-0.1, -0.05) is 13.8 Å². The first-order valence-corrected chi connectivity index (χ1v) is 8.12. The molecule has 0 saturated carbocycles. The van der Waals surface area contributed by atoms with Crippen molar-refractivity contribution >= 4 is 11.8 Å². The fourth-order valence-electron chi connectivity index (χ4n) is 2.50. The molecule has 0 aliphatic carbocycles. The third kappa shape index (κ3) is 4.15. The number of hydrogen-bond donors (Lipinski definition) is 1. The lowest BCUT2D eigenvalue weighted by Gasteiger charge is -2.48. The molecule has 0 aromatic carbocycles. The summed E-state index contributed by atoms with van der Waals surface area (Å²) in [5.41, 5.74) is 0.306. The van der Waals surface area contributed by atoms with Crippen molar-refractivity contribution in [3.05, 3.63) is 0 Å². The maximum atomic E-state index is 3.73. The second kappa shape index (κ2) is 5.94. The molecular formula is C14H30N2S. The number of thioether (sulfide) groups is 1. The van der Waals surface area contributed by atoms with Gasteiger partial charge in [-0.25, -0.2) is 0 Å². The van der Waals surface area contributed by atoms with Gasteiger partial charge in [-0.15, -0.1) is 0 Å². The van der Waals surface area contributed by atoms with Crippen molar-refractivity contribution in [3.63, 3.8) is 0 Å². The highest BCUT2D eigenvalue weighted by Crippen LogP contribution is 2.27. The smallest absolute Gasteiger partial charge is 0.0278 e. The highest BCUT2D eigenvalue weighted by atomic mass is 32.2. The molecule has 3 heteroatoms. The average Bonchev–Trinajstić information content (AvgIpc) is 2.29. The molecule has 0 radical (unpaired) electrons. The van der Waals surface area contributed by atoms with E-state index in [2.05, 4.69) is 51.1 Å². The summed E-state index contributed by atoms with van der Waals surface area (Å²) < 4.78 is 0.361. The fraction of sp³-hybridized carbons (Fsp3) is 1.00. The van der Waals surface area contributed by atoms with Gasteiger partial charge in [-0.2, -0.15) is 11.8 Å².